The van der Waals surface area contributed by atoms with E-state index in [1.54, 1.807) is 12.1 Å². The first-order chi connectivity index (χ1) is 8.80. The van der Waals surface area contributed by atoms with Crippen molar-refractivity contribution in [2.75, 3.05) is 13.2 Å². The topological polar surface area (TPSA) is 41.5 Å². The lowest BCUT2D eigenvalue weighted by Gasteiger charge is -2.29. The third-order valence-corrected chi connectivity index (χ3v) is 3.54. The van der Waals surface area contributed by atoms with Gasteiger partial charge in [-0.1, -0.05) is 44.5 Å². The summed E-state index contributed by atoms with van der Waals surface area (Å²) < 4.78 is 5.49. The average Bonchev–Trinajstić information content (AvgIpc) is 2.33. The molecule has 0 aromatic heterocycles. The van der Waals surface area contributed by atoms with Gasteiger partial charge in [0.2, 0.25) is 0 Å². The molecule has 0 fully saturated rings. The highest BCUT2D eigenvalue weighted by atomic mass is 35.5. The summed E-state index contributed by atoms with van der Waals surface area (Å²) in [5.74, 6) is 0.604. The number of benzene rings is 1. The van der Waals surface area contributed by atoms with Gasteiger partial charge in [-0.3, -0.25) is 0 Å². The van der Waals surface area contributed by atoms with Crippen LogP contribution in [0.4, 0.5) is 0 Å². The molecule has 1 aromatic rings. The van der Waals surface area contributed by atoms with Crippen molar-refractivity contribution >= 4 is 11.6 Å². The average molecular weight is 286 g/mol. The molecule has 0 heterocycles. The molecule has 2 atom stereocenters. The Bertz CT molecular complexity index is 390. The largest absolute Gasteiger partial charge is 0.489 e. The zero-order chi connectivity index (χ0) is 14.5. The van der Waals surface area contributed by atoms with Crippen LogP contribution in [0.25, 0.3) is 0 Å². The smallest absolute Gasteiger partial charge is 0.138 e. The van der Waals surface area contributed by atoms with E-state index in [1.807, 2.05) is 12.1 Å². The SMILES string of the molecule is CC(NCC(O)COc1ccccc1Cl)C(C)(C)C. The number of hydrogen-bond donors (Lipinski definition) is 2. The standard InChI is InChI=1S/C15H24ClNO2/c1-11(15(2,3)4)17-9-12(18)10-19-14-8-6-5-7-13(14)16/h5-8,11-12,17-18H,9-10H2,1-4H3. The number of nitrogens with one attached hydrogen (secondary N) is 1. The first kappa shape index (κ1) is 16.3. The first-order valence-electron chi connectivity index (χ1n) is 6.59. The van der Waals surface area contributed by atoms with Gasteiger partial charge in [0.05, 0.1) is 5.02 Å². The van der Waals surface area contributed by atoms with Crippen LogP contribution in [0.15, 0.2) is 24.3 Å². The van der Waals surface area contributed by atoms with E-state index in [-0.39, 0.29) is 12.0 Å². The Kier molecular flexibility index (Phi) is 6.11. The molecule has 0 saturated heterocycles. The molecule has 108 valence electrons. The molecule has 0 radical (unpaired) electrons. The molecule has 0 saturated carbocycles. The molecule has 19 heavy (non-hydrogen) atoms. The van der Waals surface area contributed by atoms with Gasteiger partial charge in [-0.25, -0.2) is 0 Å². The van der Waals surface area contributed by atoms with Crippen LogP contribution in [-0.2, 0) is 0 Å². The summed E-state index contributed by atoms with van der Waals surface area (Å²) in [4.78, 5) is 0. The Morgan fingerprint density at radius 2 is 1.95 bits per heavy atom. The third kappa shape index (κ3) is 5.81. The predicted octanol–water partition coefficient (Wildman–Crippen LogP) is 3.10. The zero-order valence-electron chi connectivity index (χ0n) is 12.1. The molecule has 1 aromatic carbocycles. The fourth-order valence-electron chi connectivity index (χ4n) is 1.43. The van der Waals surface area contributed by atoms with Crippen LogP contribution in [0.3, 0.4) is 0 Å². The molecule has 3 nitrogen and oxygen atoms in total. The van der Waals surface area contributed by atoms with Crippen molar-refractivity contribution < 1.29 is 9.84 Å². The molecule has 0 aliphatic rings. The van der Waals surface area contributed by atoms with Gasteiger partial charge < -0.3 is 15.2 Å². The van der Waals surface area contributed by atoms with E-state index in [4.69, 9.17) is 16.3 Å². The highest BCUT2D eigenvalue weighted by Gasteiger charge is 2.20. The molecule has 0 bridgehead atoms. The van der Waals surface area contributed by atoms with E-state index in [2.05, 4.69) is 33.0 Å². The van der Waals surface area contributed by atoms with Crippen molar-refractivity contribution in [3.63, 3.8) is 0 Å². The second-order valence-corrected chi connectivity index (χ2v) is 6.30. The van der Waals surface area contributed by atoms with E-state index in [1.165, 1.54) is 0 Å². The Morgan fingerprint density at radius 1 is 1.32 bits per heavy atom. The maximum atomic E-state index is 9.89. The van der Waals surface area contributed by atoms with Crippen LogP contribution in [0.2, 0.25) is 5.02 Å². The summed E-state index contributed by atoms with van der Waals surface area (Å²) in [6, 6.07) is 7.58. The number of ether oxygens (including phenoxy) is 1. The Morgan fingerprint density at radius 3 is 2.53 bits per heavy atom. The van der Waals surface area contributed by atoms with Crippen LogP contribution in [-0.4, -0.2) is 30.4 Å². The second-order valence-electron chi connectivity index (χ2n) is 5.89. The fraction of sp³-hybridized carbons (Fsp3) is 0.600. The Balaban J connectivity index is 2.33. The van der Waals surface area contributed by atoms with Crippen LogP contribution in [0, 0.1) is 5.41 Å². The summed E-state index contributed by atoms with van der Waals surface area (Å²) in [5, 5.41) is 13.8. The van der Waals surface area contributed by atoms with Crippen molar-refractivity contribution in [3.8, 4) is 5.75 Å². The van der Waals surface area contributed by atoms with Gasteiger partial charge >= 0.3 is 0 Å². The van der Waals surface area contributed by atoms with Crippen molar-refractivity contribution in [2.45, 2.75) is 39.8 Å². The number of hydrogen-bond acceptors (Lipinski definition) is 3. The quantitative estimate of drug-likeness (QED) is 0.844. The van der Waals surface area contributed by atoms with Crippen molar-refractivity contribution in [3.05, 3.63) is 29.3 Å². The number of halogens is 1. The first-order valence-corrected chi connectivity index (χ1v) is 6.97. The van der Waals surface area contributed by atoms with E-state index in [0.717, 1.165) is 0 Å². The number of rotatable bonds is 6. The lowest BCUT2D eigenvalue weighted by atomic mass is 9.88. The molecule has 4 heteroatoms. The monoisotopic (exact) mass is 285 g/mol. The summed E-state index contributed by atoms with van der Waals surface area (Å²) in [5.41, 5.74) is 0.170. The summed E-state index contributed by atoms with van der Waals surface area (Å²) >= 11 is 5.97. The zero-order valence-corrected chi connectivity index (χ0v) is 12.9. The second kappa shape index (κ2) is 7.13. The van der Waals surface area contributed by atoms with Gasteiger partial charge in [0, 0.05) is 12.6 Å². The number of aliphatic hydroxyl groups excluding tert-OH is 1. The molecular weight excluding hydrogens is 262 g/mol. The molecule has 0 spiro atoms. The molecular formula is C15H24ClNO2. The van der Waals surface area contributed by atoms with Gasteiger partial charge in [-0.2, -0.15) is 0 Å². The van der Waals surface area contributed by atoms with Crippen molar-refractivity contribution in [1.82, 2.24) is 5.32 Å². The minimum Gasteiger partial charge on any atom is -0.489 e. The molecule has 2 unspecified atom stereocenters. The normalized spacial score (nSPS) is 15.1. The Hall–Kier alpha value is -0.770. The number of para-hydroxylation sites is 1. The highest BCUT2D eigenvalue weighted by molar-refractivity contribution is 6.32. The summed E-state index contributed by atoms with van der Waals surface area (Å²) in [6.07, 6.45) is -0.555. The van der Waals surface area contributed by atoms with E-state index < -0.39 is 6.10 Å². The van der Waals surface area contributed by atoms with Gasteiger partial charge in [0.15, 0.2) is 0 Å². The third-order valence-electron chi connectivity index (χ3n) is 3.23. The summed E-state index contributed by atoms with van der Waals surface area (Å²) in [6.45, 7) is 9.34. The van der Waals surface area contributed by atoms with Crippen molar-refractivity contribution in [2.24, 2.45) is 5.41 Å². The van der Waals surface area contributed by atoms with E-state index in [0.29, 0.717) is 23.4 Å². The lowest BCUT2D eigenvalue weighted by Crippen LogP contribution is -2.42. The number of aliphatic hydroxyl groups is 1. The minimum atomic E-state index is -0.555. The molecule has 1 rings (SSSR count). The van der Waals surface area contributed by atoms with Gasteiger partial charge in [0.25, 0.3) is 0 Å². The molecule has 0 aliphatic heterocycles. The lowest BCUT2D eigenvalue weighted by molar-refractivity contribution is 0.0986. The van der Waals surface area contributed by atoms with Crippen LogP contribution < -0.4 is 10.1 Å². The Labute approximate surface area is 120 Å². The minimum absolute atomic E-state index is 0.170. The van der Waals surface area contributed by atoms with Gasteiger partial charge in [0.1, 0.15) is 18.5 Å². The maximum absolute atomic E-state index is 9.89. The molecule has 2 N–H and O–H groups in total. The fourth-order valence-corrected chi connectivity index (χ4v) is 1.62. The van der Waals surface area contributed by atoms with Crippen LogP contribution >= 0.6 is 11.6 Å². The van der Waals surface area contributed by atoms with Crippen molar-refractivity contribution in [1.29, 1.82) is 0 Å². The van der Waals surface area contributed by atoms with E-state index >= 15 is 0 Å². The molecule has 0 amide bonds. The van der Waals surface area contributed by atoms with Gasteiger partial charge in [-0.15, -0.1) is 0 Å². The van der Waals surface area contributed by atoms with E-state index in [9.17, 15) is 5.11 Å². The predicted molar refractivity (Wildman–Crippen MR) is 79.9 cm³/mol. The highest BCUT2D eigenvalue weighted by Crippen LogP contribution is 2.23. The maximum Gasteiger partial charge on any atom is 0.138 e. The van der Waals surface area contributed by atoms with Crippen LogP contribution in [0.5, 0.6) is 5.75 Å². The molecule has 0 aliphatic carbocycles. The summed E-state index contributed by atoms with van der Waals surface area (Å²) in [7, 11) is 0. The van der Waals surface area contributed by atoms with Crippen LogP contribution in [0.1, 0.15) is 27.7 Å². The van der Waals surface area contributed by atoms with Gasteiger partial charge in [-0.05, 0) is 24.5 Å².